The average Bonchev–Trinajstić information content (AvgIpc) is 2.16. The van der Waals surface area contributed by atoms with Gasteiger partial charge in [0.25, 0.3) is 0 Å². The van der Waals surface area contributed by atoms with Crippen molar-refractivity contribution in [2.75, 3.05) is 27.2 Å². The first kappa shape index (κ1) is 13.9. The lowest BCUT2D eigenvalue weighted by molar-refractivity contribution is -0.0305. The molecule has 0 saturated carbocycles. The van der Waals surface area contributed by atoms with Crippen molar-refractivity contribution in [2.45, 2.75) is 45.8 Å². The summed E-state index contributed by atoms with van der Waals surface area (Å²) in [5.41, 5.74) is 6.41. The van der Waals surface area contributed by atoms with Crippen molar-refractivity contribution in [1.82, 2.24) is 9.80 Å². The van der Waals surface area contributed by atoms with Crippen LogP contribution in [-0.4, -0.2) is 42.8 Å². The molecule has 1 unspecified atom stereocenters. The Morgan fingerprint density at radius 2 is 1.43 bits per heavy atom. The lowest BCUT2D eigenvalue weighted by atomic mass is 10.2. The highest BCUT2D eigenvalue weighted by Gasteiger charge is 2.31. The van der Waals surface area contributed by atoms with Crippen LogP contribution in [-0.2, 0) is 0 Å². The smallest absolute Gasteiger partial charge is 0.125 e. The minimum Gasteiger partial charge on any atom is -0.301 e. The van der Waals surface area contributed by atoms with Gasteiger partial charge in [-0.2, -0.15) is 0 Å². The summed E-state index contributed by atoms with van der Waals surface area (Å²) >= 11 is 0. The van der Waals surface area contributed by atoms with Crippen LogP contribution in [0.4, 0.5) is 0 Å². The van der Waals surface area contributed by atoms with E-state index in [-0.39, 0.29) is 5.79 Å². The predicted octanol–water partition coefficient (Wildman–Crippen LogP) is 1.69. The monoisotopic (exact) mass is 201 g/mol. The molecule has 0 rings (SSSR count). The zero-order valence-electron chi connectivity index (χ0n) is 10.5. The maximum Gasteiger partial charge on any atom is 0.125 e. The third-order valence-electron chi connectivity index (χ3n) is 2.83. The van der Waals surface area contributed by atoms with E-state index in [1.54, 1.807) is 0 Å². The first-order valence-corrected chi connectivity index (χ1v) is 5.74. The standard InChI is InChI=1S/C11H27N3/c1-6-9-14(10-7-2)11(12,8-3)13(4)5/h6-10,12H2,1-5H3. The van der Waals surface area contributed by atoms with Gasteiger partial charge in [-0.25, -0.2) is 0 Å². The van der Waals surface area contributed by atoms with Crippen molar-refractivity contribution in [3.63, 3.8) is 0 Å². The minimum atomic E-state index is -0.272. The largest absolute Gasteiger partial charge is 0.301 e. The maximum absolute atomic E-state index is 6.41. The van der Waals surface area contributed by atoms with Gasteiger partial charge in [0.15, 0.2) is 0 Å². The molecule has 0 radical (unpaired) electrons. The Bertz CT molecular complexity index is 141. The minimum absolute atomic E-state index is 0.272. The fourth-order valence-corrected chi connectivity index (χ4v) is 1.86. The van der Waals surface area contributed by atoms with Gasteiger partial charge in [0.1, 0.15) is 5.79 Å². The Balaban J connectivity index is 4.55. The highest BCUT2D eigenvalue weighted by molar-refractivity contribution is 4.80. The summed E-state index contributed by atoms with van der Waals surface area (Å²) in [5, 5.41) is 0. The Labute approximate surface area is 89.2 Å². The number of hydrogen-bond donors (Lipinski definition) is 1. The van der Waals surface area contributed by atoms with Crippen LogP contribution < -0.4 is 5.73 Å². The Morgan fingerprint density at radius 1 is 1.00 bits per heavy atom. The summed E-state index contributed by atoms with van der Waals surface area (Å²) in [6.45, 7) is 8.72. The van der Waals surface area contributed by atoms with Gasteiger partial charge in [0, 0.05) is 13.1 Å². The zero-order valence-corrected chi connectivity index (χ0v) is 10.5. The van der Waals surface area contributed by atoms with Crippen LogP contribution in [0.5, 0.6) is 0 Å². The summed E-state index contributed by atoms with van der Waals surface area (Å²) in [4.78, 5) is 4.51. The lowest BCUT2D eigenvalue weighted by Crippen LogP contribution is -2.64. The fraction of sp³-hybridized carbons (Fsp3) is 1.00. The molecule has 0 fully saturated rings. The van der Waals surface area contributed by atoms with Crippen molar-refractivity contribution in [1.29, 1.82) is 0 Å². The van der Waals surface area contributed by atoms with Crippen LogP contribution >= 0.6 is 0 Å². The van der Waals surface area contributed by atoms with Crippen molar-refractivity contribution >= 4 is 0 Å². The van der Waals surface area contributed by atoms with Crippen molar-refractivity contribution in [2.24, 2.45) is 5.73 Å². The molecule has 0 aliphatic carbocycles. The summed E-state index contributed by atoms with van der Waals surface area (Å²) in [5.74, 6) is -0.272. The molecule has 0 spiro atoms. The van der Waals surface area contributed by atoms with E-state index in [4.69, 9.17) is 5.73 Å². The first-order chi connectivity index (χ1) is 6.52. The zero-order chi connectivity index (χ0) is 11.2. The van der Waals surface area contributed by atoms with Gasteiger partial charge in [-0.05, 0) is 33.4 Å². The number of rotatable bonds is 7. The molecule has 86 valence electrons. The van der Waals surface area contributed by atoms with E-state index in [2.05, 4.69) is 44.7 Å². The van der Waals surface area contributed by atoms with E-state index < -0.39 is 0 Å². The molecule has 0 bridgehead atoms. The van der Waals surface area contributed by atoms with E-state index in [1.807, 2.05) is 0 Å². The highest BCUT2D eigenvalue weighted by Crippen LogP contribution is 2.16. The highest BCUT2D eigenvalue weighted by atomic mass is 15.5. The van der Waals surface area contributed by atoms with E-state index in [0.29, 0.717) is 0 Å². The molecule has 14 heavy (non-hydrogen) atoms. The van der Waals surface area contributed by atoms with Gasteiger partial charge in [-0.1, -0.05) is 20.8 Å². The molecule has 0 aromatic heterocycles. The second-order valence-corrected chi connectivity index (χ2v) is 4.11. The topological polar surface area (TPSA) is 32.5 Å². The second-order valence-electron chi connectivity index (χ2n) is 4.11. The SMILES string of the molecule is CCCN(CCC)C(N)(CC)N(C)C. The molecule has 0 aromatic rings. The van der Waals surface area contributed by atoms with E-state index in [1.165, 1.54) is 0 Å². The van der Waals surface area contributed by atoms with Gasteiger partial charge in [0.2, 0.25) is 0 Å². The number of nitrogens with zero attached hydrogens (tertiary/aromatic N) is 2. The summed E-state index contributed by atoms with van der Waals surface area (Å²) in [7, 11) is 4.11. The fourth-order valence-electron chi connectivity index (χ4n) is 1.86. The van der Waals surface area contributed by atoms with Gasteiger partial charge in [-0.3, -0.25) is 9.80 Å². The number of nitrogens with two attached hydrogens (primary N) is 1. The molecular weight excluding hydrogens is 174 g/mol. The van der Waals surface area contributed by atoms with Crippen LogP contribution in [0.15, 0.2) is 0 Å². The van der Waals surface area contributed by atoms with Crippen LogP contribution in [0.3, 0.4) is 0 Å². The molecule has 1 atom stereocenters. The van der Waals surface area contributed by atoms with Crippen LogP contribution in [0.2, 0.25) is 0 Å². The molecule has 0 amide bonds. The molecule has 0 heterocycles. The molecule has 0 aliphatic rings. The van der Waals surface area contributed by atoms with Crippen molar-refractivity contribution in [3.8, 4) is 0 Å². The Kier molecular flexibility index (Phi) is 6.33. The third kappa shape index (κ3) is 3.23. The summed E-state index contributed by atoms with van der Waals surface area (Å²) in [6.07, 6.45) is 3.28. The lowest BCUT2D eigenvalue weighted by Gasteiger charge is -2.45. The van der Waals surface area contributed by atoms with Crippen LogP contribution in [0.25, 0.3) is 0 Å². The van der Waals surface area contributed by atoms with Gasteiger partial charge < -0.3 is 5.73 Å². The molecule has 0 saturated heterocycles. The maximum atomic E-state index is 6.41. The molecular formula is C11H27N3. The van der Waals surface area contributed by atoms with Crippen LogP contribution in [0, 0.1) is 0 Å². The molecule has 3 nitrogen and oxygen atoms in total. The first-order valence-electron chi connectivity index (χ1n) is 5.74. The van der Waals surface area contributed by atoms with Gasteiger partial charge in [-0.15, -0.1) is 0 Å². The third-order valence-corrected chi connectivity index (χ3v) is 2.83. The molecule has 0 aromatic carbocycles. The molecule has 3 heteroatoms. The van der Waals surface area contributed by atoms with Crippen molar-refractivity contribution < 1.29 is 0 Å². The van der Waals surface area contributed by atoms with E-state index in [9.17, 15) is 0 Å². The van der Waals surface area contributed by atoms with E-state index in [0.717, 1.165) is 32.4 Å². The Morgan fingerprint density at radius 3 is 1.64 bits per heavy atom. The molecule has 0 aliphatic heterocycles. The van der Waals surface area contributed by atoms with E-state index >= 15 is 0 Å². The van der Waals surface area contributed by atoms with Gasteiger partial charge in [0.05, 0.1) is 0 Å². The number of hydrogen-bond acceptors (Lipinski definition) is 3. The Hall–Kier alpha value is -0.120. The predicted molar refractivity (Wildman–Crippen MR) is 63.1 cm³/mol. The van der Waals surface area contributed by atoms with Crippen LogP contribution in [0.1, 0.15) is 40.0 Å². The average molecular weight is 201 g/mol. The normalized spacial score (nSPS) is 16.3. The summed E-state index contributed by atoms with van der Waals surface area (Å²) in [6, 6.07) is 0. The quantitative estimate of drug-likeness (QED) is 0.636. The second kappa shape index (κ2) is 6.38. The van der Waals surface area contributed by atoms with Gasteiger partial charge >= 0.3 is 0 Å². The molecule has 2 N–H and O–H groups in total. The summed E-state index contributed by atoms with van der Waals surface area (Å²) < 4.78 is 0. The van der Waals surface area contributed by atoms with Crippen molar-refractivity contribution in [3.05, 3.63) is 0 Å².